The lowest BCUT2D eigenvalue weighted by Gasteiger charge is -2.30. The molecular weight excluding hydrogens is 664 g/mol. The summed E-state index contributed by atoms with van der Waals surface area (Å²) in [6, 6.07) is -9.69. The van der Waals surface area contributed by atoms with Gasteiger partial charge in [-0.15, -0.1) is 0 Å². The Labute approximate surface area is 288 Å². The third-order valence-electron chi connectivity index (χ3n) is 7.99. The topological polar surface area (TPSA) is 339 Å². The molecule has 1 aliphatic heterocycles. The summed E-state index contributed by atoms with van der Waals surface area (Å²) in [5.74, 6) is -11.6. The number of carboxylic acids is 3. The van der Waals surface area contributed by atoms with Crippen molar-refractivity contribution in [1.29, 1.82) is 0 Å². The quantitative estimate of drug-likeness (QED) is 0.0696. The number of carboxylic acid groups (broad SMARTS) is 3. The van der Waals surface area contributed by atoms with Crippen LogP contribution in [0.2, 0.25) is 0 Å². The first kappa shape index (κ1) is 43.2. The molecule has 282 valence electrons. The molecule has 0 spiro atoms. The number of carbonyl (C=O) groups is 9. The molecule has 1 saturated heterocycles. The van der Waals surface area contributed by atoms with Crippen molar-refractivity contribution < 1.29 is 58.5 Å². The predicted molar refractivity (Wildman–Crippen MR) is 174 cm³/mol. The number of rotatable bonds is 16. The highest BCUT2D eigenvalue weighted by atomic mass is 16.4. The Bertz CT molecular complexity index is 1250. The van der Waals surface area contributed by atoms with Crippen LogP contribution in [-0.2, 0) is 43.2 Å². The van der Waals surface area contributed by atoms with Crippen LogP contribution in [0.25, 0.3) is 0 Å². The molecule has 0 radical (unpaired) electrons. The summed E-state index contributed by atoms with van der Waals surface area (Å²) in [5.41, 5.74) is 11.2. The molecule has 0 aromatic rings. The Morgan fingerprint density at radius 1 is 0.540 bits per heavy atom. The van der Waals surface area contributed by atoms with Gasteiger partial charge in [0.15, 0.2) is 0 Å². The van der Waals surface area contributed by atoms with E-state index in [-0.39, 0.29) is 32.4 Å². The Balaban J connectivity index is 3.80. The lowest BCUT2D eigenvalue weighted by Crippen LogP contribution is -2.62. The van der Waals surface area contributed by atoms with Gasteiger partial charge in [0.05, 0.1) is 19.3 Å². The van der Waals surface area contributed by atoms with Crippen LogP contribution in [-0.4, -0.2) is 118 Å². The second-order valence-corrected chi connectivity index (χ2v) is 12.0. The highest BCUT2D eigenvalue weighted by Crippen LogP contribution is 2.12. The van der Waals surface area contributed by atoms with E-state index in [1.807, 2.05) is 0 Å². The number of nitrogens with one attached hydrogen (secondary N) is 6. The highest BCUT2D eigenvalue weighted by molar-refractivity contribution is 6.00. The number of hydrogen-bond acceptors (Lipinski definition) is 11. The zero-order valence-corrected chi connectivity index (χ0v) is 28.2. The second kappa shape index (κ2) is 22.0. The molecule has 7 atom stereocenters. The lowest BCUT2D eigenvalue weighted by atomic mass is 9.97. The van der Waals surface area contributed by atoms with Crippen LogP contribution in [0.4, 0.5) is 0 Å². The van der Waals surface area contributed by atoms with Crippen molar-refractivity contribution in [2.24, 2.45) is 17.4 Å². The van der Waals surface area contributed by atoms with Crippen molar-refractivity contribution in [1.82, 2.24) is 31.9 Å². The summed E-state index contributed by atoms with van der Waals surface area (Å²) in [4.78, 5) is 116. The van der Waals surface area contributed by atoms with Gasteiger partial charge in [0.1, 0.15) is 36.3 Å². The van der Waals surface area contributed by atoms with E-state index in [9.17, 15) is 58.5 Å². The van der Waals surface area contributed by atoms with E-state index in [4.69, 9.17) is 11.5 Å². The van der Waals surface area contributed by atoms with Gasteiger partial charge in [-0.3, -0.25) is 43.2 Å². The van der Waals surface area contributed by atoms with Gasteiger partial charge in [0.25, 0.3) is 0 Å². The third kappa shape index (κ3) is 15.1. The maximum Gasteiger partial charge on any atom is 0.305 e. The van der Waals surface area contributed by atoms with Crippen molar-refractivity contribution in [3.8, 4) is 0 Å². The summed E-state index contributed by atoms with van der Waals surface area (Å²) in [7, 11) is 0. The minimum atomic E-state index is -1.88. The van der Waals surface area contributed by atoms with Crippen LogP contribution >= 0.6 is 0 Å². The van der Waals surface area contributed by atoms with E-state index in [2.05, 4.69) is 31.9 Å². The van der Waals surface area contributed by atoms with Crippen molar-refractivity contribution in [2.75, 3.05) is 13.1 Å². The van der Waals surface area contributed by atoms with Gasteiger partial charge in [0.2, 0.25) is 35.4 Å². The summed E-state index contributed by atoms with van der Waals surface area (Å²) in [5, 5.41) is 42.4. The third-order valence-corrected chi connectivity index (χ3v) is 7.99. The average molecular weight is 715 g/mol. The first-order valence-electron chi connectivity index (χ1n) is 16.4. The van der Waals surface area contributed by atoms with E-state index in [1.165, 1.54) is 6.92 Å². The van der Waals surface area contributed by atoms with E-state index >= 15 is 0 Å². The fraction of sp³-hybridized carbons (Fsp3) is 0.700. The first-order valence-corrected chi connectivity index (χ1v) is 16.4. The Kier molecular flexibility index (Phi) is 19.0. The second-order valence-electron chi connectivity index (χ2n) is 12.0. The summed E-state index contributed by atoms with van der Waals surface area (Å²) >= 11 is 0. The number of unbranched alkanes of at least 4 members (excludes halogenated alkanes) is 2. The van der Waals surface area contributed by atoms with Gasteiger partial charge in [-0.25, -0.2) is 0 Å². The fourth-order valence-corrected chi connectivity index (χ4v) is 4.98. The molecule has 0 aromatic carbocycles. The summed E-state index contributed by atoms with van der Waals surface area (Å²) in [6.45, 7) is 3.66. The SMILES string of the molecule is CC[C@H](C)[C@@H]1NC(=O)[C@H](CC(=O)O)NC(=O)[C@H](CCCCN)NC(=O)[C@H](CCCCN)NC(=O)[C@H](CC(=O)O)NC(=O)[C@H](CC(=O)O)NC1=O. The molecule has 13 N–H and O–H groups in total. The molecule has 50 heavy (non-hydrogen) atoms. The standard InChI is InChI=1S/C30H50N8O12/c1-3-15(2)24-30(50)37-19(13-22(41)42)28(48)36-18(12-21(39)40)27(47)34-16(8-4-6-10-31)25(45)33-17(9-5-7-11-32)26(46)35-20(14-23(43)44)29(49)38-24/h15-20,24H,3-14,31-32H2,1-2H3,(H,33,45)(H,34,47)(H,35,46)(H,36,48)(H,37,50)(H,38,49)(H,39,40)(H,41,42)(H,43,44)/t15-,16-,17-,18-,19-,20-,24-/m0/s1. The maximum atomic E-state index is 13.6. The van der Waals surface area contributed by atoms with Gasteiger partial charge in [0, 0.05) is 0 Å². The smallest absolute Gasteiger partial charge is 0.305 e. The van der Waals surface area contributed by atoms with E-state index < -0.39 is 115 Å². The Morgan fingerprint density at radius 2 is 0.840 bits per heavy atom. The normalized spacial score (nSPS) is 25.0. The van der Waals surface area contributed by atoms with E-state index in [0.717, 1.165) is 0 Å². The summed E-state index contributed by atoms with van der Waals surface area (Å²) < 4.78 is 0. The molecular formula is C30H50N8O12. The predicted octanol–water partition coefficient (Wildman–Crippen LogP) is -3.36. The Hall–Kier alpha value is -4.85. The summed E-state index contributed by atoms with van der Waals surface area (Å²) in [6.07, 6.45) is -1.30. The zero-order chi connectivity index (χ0) is 38.0. The molecule has 1 aliphatic rings. The van der Waals surface area contributed by atoms with E-state index in [0.29, 0.717) is 25.7 Å². The Morgan fingerprint density at radius 3 is 1.16 bits per heavy atom. The van der Waals surface area contributed by atoms with Crippen molar-refractivity contribution in [2.45, 2.75) is 114 Å². The van der Waals surface area contributed by atoms with Crippen LogP contribution in [0, 0.1) is 5.92 Å². The largest absolute Gasteiger partial charge is 0.481 e. The van der Waals surface area contributed by atoms with E-state index in [1.54, 1.807) is 6.92 Å². The van der Waals surface area contributed by atoms with Crippen LogP contribution in [0.3, 0.4) is 0 Å². The minimum Gasteiger partial charge on any atom is -0.481 e. The molecule has 0 unspecified atom stereocenters. The van der Waals surface area contributed by atoms with Crippen LogP contribution in [0.15, 0.2) is 0 Å². The van der Waals surface area contributed by atoms with Gasteiger partial charge in [-0.2, -0.15) is 0 Å². The molecule has 0 bridgehead atoms. The number of amides is 6. The van der Waals surface area contributed by atoms with Gasteiger partial charge < -0.3 is 58.7 Å². The number of hydrogen-bond donors (Lipinski definition) is 11. The van der Waals surface area contributed by atoms with Crippen molar-refractivity contribution in [3.05, 3.63) is 0 Å². The highest BCUT2D eigenvalue weighted by Gasteiger charge is 2.37. The minimum absolute atomic E-state index is 0.0137. The molecule has 20 heteroatoms. The van der Waals surface area contributed by atoms with Crippen molar-refractivity contribution in [3.63, 3.8) is 0 Å². The number of carbonyl (C=O) groups excluding carboxylic acids is 6. The van der Waals surface area contributed by atoms with Crippen LogP contribution in [0.1, 0.15) is 78.1 Å². The monoisotopic (exact) mass is 714 g/mol. The molecule has 0 aliphatic carbocycles. The van der Waals surface area contributed by atoms with Crippen molar-refractivity contribution >= 4 is 53.4 Å². The van der Waals surface area contributed by atoms with Crippen LogP contribution < -0.4 is 43.4 Å². The molecule has 20 nitrogen and oxygen atoms in total. The molecule has 0 aromatic heterocycles. The average Bonchev–Trinajstić information content (AvgIpc) is 3.03. The number of nitrogens with two attached hydrogens (primary N) is 2. The fourth-order valence-electron chi connectivity index (χ4n) is 4.98. The van der Waals surface area contributed by atoms with Crippen LogP contribution in [0.5, 0.6) is 0 Å². The molecule has 0 saturated carbocycles. The molecule has 1 fully saturated rings. The first-order chi connectivity index (χ1) is 23.5. The van der Waals surface area contributed by atoms with Gasteiger partial charge >= 0.3 is 17.9 Å². The number of aliphatic carboxylic acids is 3. The molecule has 6 amide bonds. The molecule has 1 heterocycles. The molecule has 1 rings (SSSR count). The lowest BCUT2D eigenvalue weighted by molar-refractivity contribution is -0.144. The maximum absolute atomic E-state index is 13.6. The van der Waals surface area contributed by atoms with Gasteiger partial charge in [-0.1, -0.05) is 20.3 Å². The van der Waals surface area contributed by atoms with Gasteiger partial charge in [-0.05, 0) is 57.5 Å². The zero-order valence-electron chi connectivity index (χ0n) is 28.2.